The molecule has 0 radical (unpaired) electrons. The van der Waals surface area contributed by atoms with Crippen molar-refractivity contribution in [2.24, 2.45) is 7.05 Å². The molecule has 0 aliphatic carbocycles. The number of halogens is 1. The molecule has 1 N–H and O–H groups in total. The Bertz CT molecular complexity index is 1140. The van der Waals surface area contributed by atoms with Gasteiger partial charge in [0, 0.05) is 12.1 Å². The van der Waals surface area contributed by atoms with E-state index in [1.54, 1.807) is 11.6 Å². The summed E-state index contributed by atoms with van der Waals surface area (Å²) in [5.41, 5.74) is 0.929. The van der Waals surface area contributed by atoms with Gasteiger partial charge in [0.05, 0.1) is 23.8 Å². The van der Waals surface area contributed by atoms with Crippen LogP contribution in [-0.4, -0.2) is 42.0 Å². The highest BCUT2D eigenvalue weighted by molar-refractivity contribution is 7.99. The van der Waals surface area contributed by atoms with E-state index in [1.807, 2.05) is 30.3 Å². The predicted molar refractivity (Wildman–Crippen MR) is 118 cm³/mol. The minimum absolute atomic E-state index is 0.0718. The van der Waals surface area contributed by atoms with Gasteiger partial charge in [-0.3, -0.25) is 4.79 Å². The summed E-state index contributed by atoms with van der Waals surface area (Å²) in [6.45, 7) is 0. The van der Waals surface area contributed by atoms with Crippen molar-refractivity contribution >= 4 is 39.4 Å². The number of methoxy groups -OCH3 is 1. The molecule has 2 aromatic carbocycles. The Hall–Kier alpha value is -2.40. The van der Waals surface area contributed by atoms with E-state index in [1.165, 1.54) is 31.4 Å². The van der Waals surface area contributed by atoms with E-state index >= 15 is 0 Å². The van der Waals surface area contributed by atoms with E-state index in [0.717, 1.165) is 17.3 Å². The van der Waals surface area contributed by atoms with Crippen molar-refractivity contribution in [1.82, 2.24) is 19.5 Å². The number of ether oxygens (including phenoxy) is 1. The fourth-order valence-corrected chi connectivity index (χ4v) is 4.91. The summed E-state index contributed by atoms with van der Waals surface area (Å²) in [6, 6.07) is 14.7. The number of esters is 1. The molecule has 1 heterocycles. The number of hydrogen-bond acceptors (Lipinski definition) is 7. The van der Waals surface area contributed by atoms with Crippen LogP contribution in [0.1, 0.15) is 17.4 Å². The second-order valence-corrected chi connectivity index (χ2v) is 9.68. The van der Waals surface area contributed by atoms with Gasteiger partial charge in [0.1, 0.15) is 0 Å². The zero-order chi connectivity index (χ0) is 22.4. The highest BCUT2D eigenvalue weighted by atomic mass is 35.5. The molecule has 3 rings (SSSR count). The van der Waals surface area contributed by atoms with Gasteiger partial charge >= 0.3 is 5.97 Å². The maximum Gasteiger partial charge on any atom is 0.316 e. The number of benzene rings is 2. The molecule has 31 heavy (non-hydrogen) atoms. The SMILES string of the molecule is COC(=O)CSc1nnc(C(Cc2ccccc2)NS(=O)(=O)c2ccc(Cl)cc2)n1C. The maximum atomic E-state index is 13.0. The molecule has 0 fully saturated rings. The number of aromatic nitrogens is 3. The third-order valence-electron chi connectivity index (χ3n) is 4.43. The molecule has 3 aromatic rings. The van der Waals surface area contributed by atoms with Crippen LogP contribution in [-0.2, 0) is 33.0 Å². The van der Waals surface area contributed by atoms with Gasteiger partial charge < -0.3 is 9.30 Å². The van der Waals surface area contributed by atoms with Crippen molar-refractivity contribution < 1.29 is 17.9 Å². The van der Waals surface area contributed by atoms with Crippen molar-refractivity contribution in [3.8, 4) is 0 Å². The number of carbonyl (C=O) groups is 1. The summed E-state index contributed by atoms with van der Waals surface area (Å²) in [5, 5.41) is 9.24. The molecule has 8 nitrogen and oxygen atoms in total. The molecule has 11 heteroatoms. The molecule has 1 unspecified atom stereocenters. The second kappa shape index (κ2) is 10.3. The maximum absolute atomic E-state index is 13.0. The van der Waals surface area contributed by atoms with Crippen molar-refractivity contribution in [3.05, 3.63) is 71.0 Å². The molecule has 0 amide bonds. The first-order chi connectivity index (χ1) is 14.8. The highest BCUT2D eigenvalue weighted by Gasteiger charge is 2.26. The summed E-state index contributed by atoms with van der Waals surface area (Å²) in [7, 11) is -0.815. The van der Waals surface area contributed by atoms with Gasteiger partial charge in [0.15, 0.2) is 11.0 Å². The molecule has 0 spiro atoms. The van der Waals surface area contributed by atoms with E-state index in [2.05, 4.69) is 19.7 Å². The lowest BCUT2D eigenvalue weighted by Crippen LogP contribution is -2.32. The van der Waals surface area contributed by atoms with Crippen LogP contribution >= 0.6 is 23.4 Å². The van der Waals surface area contributed by atoms with Crippen molar-refractivity contribution in [3.63, 3.8) is 0 Å². The summed E-state index contributed by atoms with van der Waals surface area (Å²) >= 11 is 7.05. The van der Waals surface area contributed by atoms with E-state index in [9.17, 15) is 13.2 Å². The lowest BCUT2D eigenvalue weighted by atomic mass is 10.1. The number of nitrogens with zero attached hydrogens (tertiary/aromatic N) is 3. The molecular weight excluding hydrogens is 460 g/mol. The van der Waals surface area contributed by atoms with Gasteiger partial charge in [-0.05, 0) is 36.2 Å². The largest absolute Gasteiger partial charge is 0.468 e. The van der Waals surface area contributed by atoms with E-state index in [4.69, 9.17) is 11.6 Å². The Morgan fingerprint density at radius 3 is 2.48 bits per heavy atom. The fraction of sp³-hybridized carbons (Fsp3) is 0.250. The number of nitrogens with one attached hydrogen (secondary N) is 1. The Labute approximate surface area is 190 Å². The van der Waals surface area contributed by atoms with Crippen molar-refractivity contribution in [2.45, 2.75) is 22.5 Å². The molecule has 0 aliphatic rings. The average Bonchev–Trinajstić information content (AvgIpc) is 3.12. The average molecular weight is 481 g/mol. The van der Waals surface area contributed by atoms with Gasteiger partial charge in [-0.15, -0.1) is 10.2 Å². The van der Waals surface area contributed by atoms with Crippen LogP contribution in [0.2, 0.25) is 5.02 Å². The summed E-state index contributed by atoms with van der Waals surface area (Å²) in [5.74, 6) is 0.107. The highest BCUT2D eigenvalue weighted by Crippen LogP contribution is 2.24. The summed E-state index contributed by atoms with van der Waals surface area (Å²) in [4.78, 5) is 11.5. The number of thioether (sulfide) groups is 1. The van der Waals surface area contributed by atoms with Gasteiger partial charge in [0.2, 0.25) is 10.0 Å². The minimum atomic E-state index is -3.85. The van der Waals surface area contributed by atoms with Gasteiger partial charge in [-0.25, -0.2) is 13.1 Å². The van der Waals surface area contributed by atoms with Crippen LogP contribution in [0.3, 0.4) is 0 Å². The zero-order valence-corrected chi connectivity index (χ0v) is 19.2. The topological polar surface area (TPSA) is 103 Å². The Balaban J connectivity index is 1.91. The molecule has 0 saturated carbocycles. The van der Waals surface area contributed by atoms with Crippen LogP contribution in [0.25, 0.3) is 0 Å². The zero-order valence-electron chi connectivity index (χ0n) is 16.9. The van der Waals surface area contributed by atoms with E-state index in [-0.39, 0.29) is 16.6 Å². The van der Waals surface area contributed by atoms with Crippen molar-refractivity contribution in [2.75, 3.05) is 12.9 Å². The minimum Gasteiger partial charge on any atom is -0.468 e. The first-order valence-electron chi connectivity index (χ1n) is 9.21. The van der Waals surface area contributed by atoms with Gasteiger partial charge in [0.25, 0.3) is 0 Å². The number of carbonyl (C=O) groups excluding carboxylic acids is 1. The molecule has 0 saturated heterocycles. The molecule has 1 aromatic heterocycles. The molecular formula is C20H21ClN4O4S2. The standard InChI is InChI=1S/C20H21ClN4O4S2/c1-25-19(22-23-20(25)30-13-18(26)29-2)17(12-14-6-4-3-5-7-14)24-31(27,28)16-10-8-15(21)9-11-16/h3-11,17,24H,12-13H2,1-2H3. The second-order valence-electron chi connectivity index (χ2n) is 6.58. The first-order valence-corrected chi connectivity index (χ1v) is 12.1. The van der Waals surface area contributed by atoms with Crippen LogP contribution in [0.15, 0.2) is 64.6 Å². The monoisotopic (exact) mass is 480 g/mol. The molecule has 0 bridgehead atoms. The third kappa shape index (κ3) is 6.07. The van der Waals surface area contributed by atoms with Crippen LogP contribution < -0.4 is 4.72 Å². The number of hydrogen-bond donors (Lipinski definition) is 1. The van der Waals surface area contributed by atoms with Gasteiger partial charge in [-0.2, -0.15) is 0 Å². The van der Waals surface area contributed by atoms with Crippen molar-refractivity contribution in [1.29, 1.82) is 0 Å². The quantitative estimate of drug-likeness (QED) is 0.371. The van der Waals surface area contributed by atoms with E-state index < -0.39 is 16.1 Å². The van der Waals surface area contributed by atoms with E-state index in [0.29, 0.717) is 22.4 Å². The molecule has 0 aliphatic heterocycles. The molecule has 1 atom stereocenters. The first kappa shape index (κ1) is 23.3. The number of rotatable bonds is 9. The molecule has 164 valence electrons. The third-order valence-corrected chi connectivity index (χ3v) is 7.16. The number of sulfonamides is 1. The Morgan fingerprint density at radius 1 is 1.16 bits per heavy atom. The fourth-order valence-electron chi connectivity index (χ4n) is 2.84. The predicted octanol–water partition coefficient (Wildman–Crippen LogP) is 3.00. The normalized spacial score (nSPS) is 12.5. The van der Waals surface area contributed by atoms with Crippen LogP contribution in [0, 0.1) is 0 Å². The Kier molecular flexibility index (Phi) is 7.71. The van der Waals surface area contributed by atoms with Crippen LogP contribution in [0.4, 0.5) is 0 Å². The lowest BCUT2D eigenvalue weighted by Gasteiger charge is -2.18. The summed E-state index contributed by atoms with van der Waals surface area (Å²) in [6.07, 6.45) is 0.362. The summed E-state index contributed by atoms with van der Waals surface area (Å²) < 4.78 is 35.1. The van der Waals surface area contributed by atoms with Gasteiger partial charge in [-0.1, -0.05) is 53.7 Å². The smallest absolute Gasteiger partial charge is 0.316 e. The van der Waals surface area contributed by atoms with Crippen LogP contribution in [0.5, 0.6) is 0 Å². The lowest BCUT2D eigenvalue weighted by molar-refractivity contribution is -0.137. The Morgan fingerprint density at radius 2 is 1.84 bits per heavy atom.